The third-order valence-corrected chi connectivity index (χ3v) is 5.05. The Morgan fingerprint density at radius 1 is 1.32 bits per heavy atom. The van der Waals surface area contributed by atoms with Crippen LogP contribution in [-0.4, -0.2) is 21.9 Å². The van der Waals surface area contributed by atoms with Crippen molar-refractivity contribution in [1.29, 1.82) is 0 Å². The summed E-state index contributed by atoms with van der Waals surface area (Å²) in [6.45, 7) is 2.00. The van der Waals surface area contributed by atoms with Crippen LogP contribution in [0.1, 0.15) is 34.7 Å². The molecule has 2 aromatic rings. The molecule has 0 bridgehead atoms. The second kappa shape index (κ2) is 7.39. The molecule has 0 fully saturated rings. The third kappa shape index (κ3) is 3.61. The van der Waals surface area contributed by atoms with Crippen LogP contribution in [0.5, 0.6) is 0 Å². The fraction of sp³-hybridized carbons (Fsp3) is 0.235. The Bertz CT molecular complexity index is 866. The van der Waals surface area contributed by atoms with Gasteiger partial charge in [-0.1, -0.05) is 35.3 Å². The van der Waals surface area contributed by atoms with Gasteiger partial charge in [-0.25, -0.2) is 5.48 Å². The van der Waals surface area contributed by atoms with E-state index in [-0.39, 0.29) is 11.9 Å². The van der Waals surface area contributed by atoms with Gasteiger partial charge in [-0.2, -0.15) is 5.10 Å². The summed E-state index contributed by atoms with van der Waals surface area (Å²) < 4.78 is 0. The van der Waals surface area contributed by atoms with Crippen molar-refractivity contribution in [2.24, 2.45) is 15.9 Å². The summed E-state index contributed by atoms with van der Waals surface area (Å²) in [5.74, 6) is -0.108. The molecule has 1 aliphatic carbocycles. The summed E-state index contributed by atoms with van der Waals surface area (Å²) in [5, 5.41) is 17.9. The third-order valence-electron chi connectivity index (χ3n) is 4.22. The standard InChI is InChI=1S/C17H17Cl2N5O/c1-9-5-6-21-13-7-10(11-3-2-4-12(18)16(11)19)8-14(15(9)13)22-23-17(20)24-25/h2-6,10,25H,7-8H2,1H3,(H3,20,23,24). The van der Waals surface area contributed by atoms with Gasteiger partial charge < -0.3 is 5.73 Å². The second-order valence-electron chi connectivity index (χ2n) is 5.84. The number of nitrogens with zero attached hydrogens (tertiary/aromatic N) is 3. The van der Waals surface area contributed by atoms with Gasteiger partial charge in [-0.3, -0.25) is 10.2 Å². The molecule has 25 heavy (non-hydrogen) atoms. The highest BCUT2D eigenvalue weighted by Crippen LogP contribution is 2.38. The van der Waals surface area contributed by atoms with E-state index < -0.39 is 0 Å². The highest BCUT2D eigenvalue weighted by molar-refractivity contribution is 6.42. The molecule has 4 N–H and O–H groups in total. The van der Waals surface area contributed by atoms with Crippen molar-refractivity contribution < 1.29 is 5.21 Å². The number of aromatic nitrogens is 1. The van der Waals surface area contributed by atoms with Gasteiger partial charge in [0.1, 0.15) is 0 Å². The predicted octanol–water partition coefficient (Wildman–Crippen LogP) is 3.42. The summed E-state index contributed by atoms with van der Waals surface area (Å²) >= 11 is 12.6. The van der Waals surface area contributed by atoms with E-state index in [1.807, 2.05) is 25.1 Å². The number of nitrogens with one attached hydrogen (secondary N) is 1. The highest BCUT2D eigenvalue weighted by atomic mass is 35.5. The molecule has 0 radical (unpaired) electrons. The summed E-state index contributed by atoms with van der Waals surface area (Å²) in [4.78, 5) is 4.50. The number of fused-ring (bicyclic) bond motifs is 1. The maximum absolute atomic E-state index is 8.79. The molecule has 6 nitrogen and oxygen atoms in total. The van der Waals surface area contributed by atoms with Crippen molar-refractivity contribution in [1.82, 2.24) is 10.5 Å². The Hall–Kier alpha value is -2.15. The zero-order valence-corrected chi connectivity index (χ0v) is 15.0. The van der Waals surface area contributed by atoms with E-state index in [1.54, 1.807) is 17.7 Å². The van der Waals surface area contributed by atoms with Gasteiger partial charge >= 0.3 is 0 Å². The fourth-order valence-corrected chi connectivity index (χ4v) is 3.55. The van der Waals surface area contributed by atoms with Crippen molar-refractivity contribution in [3.63, 3.8) is 0 Å². The topological polar surface area (TPSA) is 95.9 Å². The quantitative estimate of drug-likeness (QED) is 0.424. The number of halogens is 2. The lowest BCUT2D eigenvalue weighted by Crippen LogP contribution is -2.28. The first-order valence-corrected chi connectivity index (χ1v) is 8.45. The molecule has 3 rings (SSSR count). The van der Waals surface area contributed by atoms with Crippen LogP contribution >= 0.6 is 23.2 Å². The van der Waals surface area contributed by atoms with Gasteiger partial charge in [0.15, 0.2) is 0 Å². The van der Waals surface area contributed by atoms with Crippen molar-refractivity contribution in [3.05, 3.63) is 62.9 Å². The maximum atomic E-state index is 8.79. The SMILES string of the molecule is Cc1ccnc2c1C(=N/N=C(/N)NO)CC(c1cccc(Cl)c1Cl)C2. The summed E-state index contributed by atoms with van der Waals surface area (Å²) in [5.41, 5.74) is 11.9. The maximum Gasteiger partial charge on any atom is 0.237 e. The van der Waals surface area contributed by atoms with Crippen LogP contribution < -0.4 is 11.2 Å². The molecule has 1 aromatic carbocycles. The Labute approximate surface area is 155 Å². The molecular formula is C17H17Cl2N5O. The van der Waals surface area contributed by atoms with E-state index in [0.29, 0.717) is 16.5 Å². The Morgan fingerprint density at radius 3 is 2.88 bits per heavy atom. The van der Waals surface area contributed by atoms with Gasteiger partial charge in [0, 0.05) is 11.8 Å². The number of guanidine groups is 1. The van der Waals surface area contributed by atoms with Crippen LogP contribution in [0.2, 0.25) is 10.0 Å². The normalized spacial score (nSPS) is 19.0. The second-order valence-corrected chi connectivity index (χ2v) is 6.63. The first kappa shape index (κ1) is 17.7. The van der Waals surface area contributed by atoms with Crippen LogP contribution in [0.4, 0.5) is 0 Å². The smallest absolute Gasteiger partial charge is 0.237 e. The first-order chi connectivity index (χ1) is 12.0. The molecule has 1 unspecified atom stereocenters. The Morgan fingerprint density at radius 2 is 2.12 bits per heavy atom. The van der Waals surface area contributed by atoms with Crippen molar-refractivity contribution >= 4 is 34.9 Å². The van der Waals surface area contributed by atoms with E-state index in [9.17, 15) is 0 Å². The lowest BCUT2D eigenvalue weighted by molar-refractivity contribution is 0.232. The number of aryl methyl sites for hydroxylation is 1. The number of hydroxylamine groups is 1. The number of hydrogen-bond acceptors (Lipinski definition) is 4. The van der Waals surface area contributed by atoms with Gasteiger partial charge in [-0.15, -0.1) is 5.10 Å². The van der Waals surface area contributed by atoms with E-state index in [1.165, 1.54) is 0 Å². The van der Waals surface area contributed by atoms with E-state index in [0.717, 1.165) is 34.5 Å². The molecule has 1 atom stereocenters. The summed E-state index contributed by atoms with van der Waals surface area (Å²) in [6, 6.07) is 7.54. The van der Waals surface area contributed by atoms with Crippen LogP contribution in [0.25, 0.3) is 0 Å². The minimum atomic E-state index is -0.182. The Balaban J connectivity index is 2.08. The van der Waals surface area contributed by atoms with Gasteiger partial charge in [0.25, 0.3) is 0 Å². The van der Waals surface area contributed by atoms with Gasteiger partial charge in [0.2, 0.25) is 5.96 Å². The molecule has 0 aliphatic heterocycles. The molecule has 0 spiro atoms. The molecule has 1 aliphatic rings. The molecule has 130 valence electrons. The highest BCUT2D eigenvalue weighted by Gasteiger charge is 2.29. The van der Waals surface area contributed by atoms with E-state index in [4.69, 9.17) is 34.1 Å². The average molecular weight is 378 g/mol. The number of pyridine rings is 1. The molecule has 1 heterocycles. The van der Waals surface area contributed by atoms with Crippen LogP contribution in [0, 0.1) is 6.92 Å². The largest absolute Gasteiger partial charge is 0.367 e. The number of benzene rings is 1. The summed E-state index contributed by atoms with van der Waals surface area (Å²) in [7, 11) is 0. The Kier molecular flexibility index (Phi) is 5.22. The molecule has 8 heteroatoms. The molecule has 0 saturated carbocycles. The minimum absolute atomic E-state index is 0.0743. The average Bonchev–Trinajstić information content (AvgIpc) is 2.61. The lowest BCUT2D eigenvalue weighted by atomic mass is 9.80. The monoisotopic (exact) mass is 377 g/mol. The van der Waals surface area contributed by atoms with E-state index in [2.05, 4.69) is 15.2 Å². The fourth-order valence-electron chi connectivity index (χ4n) is 3.09. The molecule has 0 amide bonds. The zero-order chi connectivity index (χ0) is 18.0. The zero-order valence-electron chi connectivity index (χ0n) is 13.5. The summed E-state index contributed by atoms with van der Waals surface area (Å²) in [6.07, 6.45) is 3.12. The lowest BCUT2D eigenvalue weighted by Gasteiger charge is -2.27. The molecule has 1 aromatic heterocycles. The number of hydrogen-bond donors (Lipinski definition) is 3. The van der Waals surface area contributed by atoms with Crippen molar-refractivity contribution in [3.8, 4) is 0 Å². The minimum Gasteiger partial charge on any atom is -0.367 e. The number of rotatable bonds is 2. The van der Waals surface area contributed by atoms with Crippen LogP contribution in [0.15, 0.2) is 40.7 Å². The van der Waals surface area contributed by atoms with E-state index >= 15 is 0 Å². The van der Waals surface area contributed by atoms with Crippen molar-refractivity contribution in [2.45, 2.75) is 25.7 Å². The van der Waals surface area contributed by atoms with Gasteiger partial charge in [0.05, 0.1) is 21.5 Å². The number of nitrogens with two attached hydrogens (primary N) is 1. The van der Waals surface area contributed by atoms with Gasteiger partial charge in [-0.05, 0) is 48.9 Å². The molecular weight excluding hydrogens is 361 g/mol. The predicted molar refractivity (Wildman–Crippen MR) is 99.6 cm³/mol. The van der Waals surface area contributed by atoms with Crippen LogP contribution in [-0.2, 0) is 6.42 Å². The van der Waals surface area contributed by atoms with Crippen LogP contribution in [0.3, 0.4) is 0 Å². The first-order valence-electron chi connectivity index (χ1n) is 7.70. The molecule has 0 saturated heterocycles. The van der Waals surface area contributed by atoms with Crippen molar-refractivity contribution in [2.75, 3.05) is 0 Å².